The Balaban J connectivity index is 2.51. The van der Waals surface area contributed by atoms with Crippen LogP contribution in [0, 0.1) is 11.2 Å². The van der Waals surface area contributed by atoms with E-state index in [0.717, 1.165) is 18.7 Å². The van der Waals surface area contributed by atoms with E-state index in [1.54, 1.807) is 6.07 Å². The van der Waals surface area contributed by atoms with Gasteiger partial charge in [0.1, 0.15) is 0 Å². The van der Waals surface area contributed by atoms with Gasteiger partial charge in [0.05, 0.1) is 6.61 Å². The molecule has 0 atom stereocenters. The minimum atomic E-state index is -0.333. The highest BCUT2D eigenvalue weighted by molar-refractivity contribution is 5.47. The van der Waals surface area contributed by atoms with Crippen molar-refractivity contribution in [1.82, 2.24) is 0 Å². The van der Waals surface area contributed by atoms with Gasteiger partial charge in [-0.3, -0.25) is 0 Å². The van der Waals surface area contributed by atoms with E-state index >= 15 is 0 Å². The lowest BCUT2D eigenvalue weighted by atomic mass is 9.90. The molecular weight excluding hydrogens is 231 g/mol. The fourth-order valence-electron chi connectivity index (χ4n) is 1.53. The average Bonchev–Trinajstić information content (AvgIpc) is 2.32. The zero-order valence-corrected chi connectivity index (χ0v) is 11.4. The van der Waals surface area contributed by atoms with Crippen LogP contribution in [0.3, 0.4) is 0 Å². The lowest BCUT2D eigenvalue weighted by Gasteiger charge is -2.22. The number of hydrogen-bond acceptors (Lipinski definition) is 3. The van der Waals surface area contributed by atoms with Gasteiger partial charge >= 0.3 is 0 Å². The number of hydrogen-bond donors (Lipinski definition) is 2. The molecule has 0 radical (unpaired) electrons. The molecule has 0 heterocycles. The molecule has 0 fully saturated rings. The van der Waals surface area contributed by atoms with Gasteiger partial charge in [-0.25, -0.2) is 4.39 Å². The zero-order valence-electron chi connectivity index (χ0n) is 11.4. The lowest BCUT2D eigenvalue weighted by Crippen LogP contribution is -2.26. The van der Waals surface area contributed by atoms with E-state index in [4.69, 9.17) is 10.5 Å². The molecule has 0 saturated carbocycles. The predicted octanol–water partition coefficient (Wildman–Crippen LogP) is 3.01. The third kappa shape index (κ3) is 4.53. The Morgan fingerprint density at radius 3 is 2.67 bits per heavy atom. The molecule has 0 aliphatic carbocycles. The summed E-state index contributed by atoms with van der Waals surface area (Å²) in [5, 5.41) is 3.19. The fourth-order valence-corrected chi connectivity index (χ4v) is 1.53. The lowest BCUT2D eigenvalue weighted by molar-refractivity contribution is 0.321. The second-order valence-corrected chi connectivity index (χ2v) is 5.12. The Labute approximate surface area is 109 Å². The molecule has 0 saturated heterocycles. The van der Waals surface area contributed by atoms with Crippen LogP contribution in [0.1, 0.15) is 27.2 Å². The van der Waals surface area contributed by atoms with Crippen molar-refractivity contribution in [1.29, 1.82) is 0 Å². The summed E-state index contributed by atoms with van der Waals surface area (Å²) in [6.45, 7) is 7.96. The monoisotopic (exact) mass is 254 g/mol. The van der Waals surface area contributed by atoms with Gasteiger partial charge in [0.15, 0.2) is 11.6 Å². The molecule has 18 heavy (non-hydrogen) atoms. The van der Waals surface area contributed by atoms with Gasteiger partial charge in [-0.1, -0.05) is 13.8 Å². The molecule has 0 aromatic heterocycles. The Kier molecular flexibility index (Phi) is 5.41. The maximum atomic E-state index is 13.6. The minimum Gasteiger partial charge on any atom is -0.491 e. The minimum absolute atomic E-state index is 0.108. The summed E-state index contributed by atoms with van der Waals surface area (Å²) in [4.78, 5) is 0. The van der Waals surface area contributed by atoms with Crippen LogP contribution in [0.15, 0.2) is 18.2 Å². The van der Waals surface area contributed by atoms with Gasteiger partial charge < -0.3 is 15.8 Å². The van der Waals surface area contributed by atoms with Crippen LogP contribution in [0.4, 0.5) is 10.1 Å². The van der Waals surface area contributed by atoms with E-state index in [1.165, 1.54) is 6.07 Å². The molecule has 4 heteroatoms. The Morgan fingerprint density at radius 2 is 2.11 bits per heavy atom. The normalized spacial score (nSPS) is 11.4. The topological polar surface area (TPSA) is 47.3 Å². The largest absolute Gasteiger partial charge is 0.491 e. The summed E-state index contributed by atoms with van der Waals surface area (Å²) in [7, 11) is 0. The summed E-state index contributed by atoms with van der Waals surface area (Å²) < 4.78 is 18.7. The molecule has 3 nitrogen and oxygen atoms in total. The van der Waals surface area contributed by atoms with Gasteiger partial charge in [0, 0.05) is 18.3 Å². The predicted molar refractivity (Wildman–Crippen MR) is 73.5 cm³/mol. The molecule has 1 rings (SSSR count). The number of nitrogens with one attached hydrogen (secondary N) is 1. The van der Waals surface area contributed by atoms with Crippen molar-refractivity contribution in [2.45, 2.75) is 27.2 Å². The number of halogens is 1. The maximum Gasteiger partial charge on any atom is 0.167 e. The third-order valence-corrected chi connectivity index (χ3v) is 2.92. The summed E-state index contributed by atoms with van der Waals surface area (Å²) in [5.41, 5.74) is 6.53. The van der Waals surface area contributed by atoms with Crippen molar-refractivity contribution in [3.8, 4) is 5.75 Å². The summed E-state index contributed by atoms with van der Waals surface area (Å²) in [6, 6.07) is 4.93. The third-order valence-electron chi connectivity index (χ3n) is 2.92. The van der Waals surface area contributed by atoms with Crippen molar-refractivity contribution >= 4 is 5.69 Å². The van der Waals surface area contributed by atoms with E-state index in [-0.39, 0.29) is 11.2 Å². The summed E-state index contributed by atoms with van der Waals surface area (Å²) >= 11 is 0. The Bertz CT molecular complexity index is 380. The second-order valence-electron chi connectivity index (χ2n) is 5.12. The maximum absolute atomic E-state index is 13.6. The van der Waals surface area contributed by atoms with Gasteiger partial charge in [0.2, 0.25) is 0 Å². The van der Waals surface area contributed by atoms with E-state index in [1.807, 2.05) is 13.0 Å². The fraction of sp³-hybridized carbons (Fsp3) is 0.571. The number of rotatable bonds is 7. The van der Waals surface area contributed by atoms with Gasteiger partial charge in [-0.05, 0) is 37.4 Å². The zero-order chi connectivity index (χ0) is 13.6. The van der Waals surface area contributed by atoms with Crippen LogP contribution in [0.2, 0.25) is 0 Å². The van der Waals surface area contributed by atoms with E-state index in [9.17, 15) is 4.39 Å². The molecule has 0 aliphatic heterocycles. The number of benzene rings is 1. The molecule has 0 bridgehead atoms. The van der Waals surface area contributed by atoms with Crippen LogP contribution >= 0.6 is 0 Å². The highest BCUT2D eigenvalue weighted by Gasteiger charge is 2.14. The first-order chi connectivity index (χ1) is 8.48. The van der Waals surface area contributed by atoms with E-state index in [2.05, 4.69) is 19.2 Å². The molecular formula is C14H23FN2O. The Morgan fingerprint density at radius 1 is 1.39 bits per heavy atom. The van der Waals surface area contributed by atoms with Gasteiger partial charge in [0.25, 0.3) is 0 Å². The van der Waals surface area contributed by atoms with Crippen LogP contribution < -0.4 is 15.8 Å². The first kappa shape index (κ1) is 14.8. The smallest absolute Gasteiger partial charge is 0.167 e. The van der Waals surface area contributed by atoms with Gasteiger partial charge in [-0.2, -0.15) is 0 Å². The molecule has 0 aliphatic rings. The molecule has 3 N–H and O–H groups in total. The van der Waals surface area contributed by atoms with Crippen molar-refractivity contribution < 1.29 is 9.13 Å². The second kappa shape index (κ2) is 6.59. The molecule has 102 valence electrons. The molecule has 0 unspecified atom stereocenters. The quantitative estimate of drug-likeness (QED) is 0.786. The van der Waals surface area contributed by atoms with Gasteiger partial charge in [-0.15, -0.1) is 0 Å². The molecule has 1 aromatic carbocycles. The van der Waals surface area contributed by atoms with Crippen LogP contribution in [0.25, 0.3) is 0 Å². The summed E-state index contributed by atoms with van der Waals surface area (Å²) in [5.74, 6) is -0.0368. The van der Waals surface area contributed by atoms with Crippen LogP contribution in [0.5, 0.6) is 5.75 Å². The van der Waals surface area contributed by atoms with Crippen LogP contribution in [-0.4, -0.2) is 19.7 Å². The molecule has 0 spiro atoms. The molecule has 0 amide bonds. The van der Waals surface area contributed by atoms with Crippen molar-refractivity contribution in [2.75, 3.05) is 25.0 Å². The average molecular weight is 254 g/mol. The number of nitrogens with two attached hydrogens (primary N) is 1. The van der Waals surface area contributed by atoms with E-state index < -0.39 is 0 Å². The highest BCUT2D eigenvalue weighted by Crippen LogP contribution is 2.22. The number of ether oxygens (including phenoxy) is 1. The first-order valence-electron chi connectivity index (χ1n) is 6.35. The van der Waals surface area contributed by atoms with Crippen molar-refractivity contribution in [3.05, 3.63) is 24.0 Å². The first-order valence-corrected chi connectivity index (χ1v) is 6.35. The SMILES string of the molecule is CCOc1ccc(NCCC(C)(C)CN)cc1F. The van der Waals surface area contributed by atoms with E-state index in [0.29, 0.717) is 18.9 Å². The Hall–Kier alpha value is -1.29. The molecule has 1 aromatic rings. The van der Waals surface area contributed by atoms with Crippen molar-refractivity contribution in [3.63, 3.8) is 0 Å². The standard InChI is InChI=1S/C14H23FN2O/c1-4-18-13-6-5-11(9-12(13)15)17-8-7-14(2,3)10-16/h5-6,9,17H,4,7-8,10,16H2,1-3H3. The number of anilines is 1. The summed E-state index contributed by atoms with van der Waals surface area (Å²) in [6.07, 6.45) is 0.943. The highest BCUT2D eigenvalue weighted by atomic mass is 19.1. The van der Waals surface area contributed by atoms with Crippen molar-refractivity contribution in [2.24, 2.45) is 11.1 Å². The van der Waals surface area contributed by atoms with Crippen LogP contribution in [-0.2, 0) is 0 Å².